The average molecular weight is 254 g/mol. The van der Waals surface area contributed by atoms with Crippen molar-refractivity contribution in [3.63, 3.8) is 0 Å². The first kappa shape index (κ1) is 14.1. The maximum absolute atomic E-state index is 11.4. The number of nitrogens with one attached hydrogen (secondary N) is 2. The third-order valence-electron chi connectivity index (χ3n) is 2.61. The van der Waals surface area contributed by atoms with E-state index in [1.54, 1.807) is 26.0 Å². The van der Waals surface area contributed by atoms with E-state index in [1.165, 1.54) is 6.26 Å². The second kappa shape index (κ2) is 6.68. The average Bonchev–Trinajstić information content (AvgIpc) is 2.78. The van der Waals surface area contributed by atoms with Crippen LogP contribution < -0.4 is 10.6 Å². The molecule has 100 valence electrons. The number of carboxylic acid groups (broad SMARTS) is 1. The Kier molecular flexibility index (Phi) is 5.23. The van der Waals surface area contributed by atoms with Crippen LogP contribution in [0.2, 0.25) is 0 Å². The molecular formula is C12H18N2O4. The van der Waals surface area contributed by atoms with Gasteiger partial charge in [-0.25, -0.2) is 4.79 Å². The van der Waals surface area contributed by atoms with Crippen molar-refractivity contribution in [2.24, 2.45) is 11.8 Å². The first-order chi connectivity index (χ1) is 8.50. The van der Waals surface area contributed by atoms with Crippen molar-refractivity contribution >= 4 is 12.0 Å². The molecule has 1 aromatic heterocycles. The molecule has 0 bridgehead atoms. The summed E-state index contributed by atoms with van der Waals surface area (Å²) in [5, 5.41) is 14.1. The topological polar surface area (TPSA) is 91.6 Å². The van der Waals surface area contributed by atoms with Gasteiger partial charge >= 0.3 is 12.0 Å². The lowest BCUT2D eigenvalue weighted by Gasteiger charge is -2.16. The van der Waals surface area contributed by atoms with Crippen molar-refractivity contribution in [2.75, 3.05) is 6.54 Å². The quantitative estimate of drug-likeness (QED) is 0.716. The van der Waals surface area contributed by atoms with Gasteiger partial charge in [0.2, 0.25) is 0 Å². The van der Waals surface area contributed by atoms with E-state index >= 15 is 0 Å². The van der Waals surface area contributed by atoms with Gasteiger partial charge in [-0.3, -0.25) is 4.79 Å². The molecule has 1 rings (SSSR count). The molecule has 18 heavy (non-hydrogen) atoms. The Hall–Kier alpha value is -1.98. The molecule has 1 aromatic rings. The van der Waals surface area contributed by atoms with Gasteiger partial charge in [0.15, 0.2) is 0 Å². The third-order valence-corrected chi connectivity index (χ3v) is 2.61. The van der Waals surface area contributed by atoms with E-state index in [1.807, 2.05) is 0 Å². The number of hydrogen-bond acceptors (Lipinski definition) is 3. The fourth-order valence-electron chi connectivity index (χ4n) is 1.45. The Bertz CT molecular complexity index is 387. The minimum atomic E-state index is -0.906. The highest BCUT2D eigenvalue weighted by Crippen LogP contribution is 2.09. The van der Waals surface area contributed by atoms with Crippen molar-refractivity contribution in [2.45, 2.75) is 20.4 Å². The molecule has 0 spiro atoms. The van der Waals surface area contributed by atoms with Crippen molar-refractivity contribution < 1.29 is 19.1 Å². The molecule has 3 N–H and O–H groups in total. The van der Waals surface area contributed by atoms with Crippen LogP contribution in [0.5, 0.6) is 0 Å². The number of urea groups is 1. The normalized spacial score (nSPS) is 12.2. The molecule has 0 aromatic carbocycles. The number of carbonyl (C=O) groups excluding carboxylic acids is 1. The number of rotatable bonds is 6. The van der Waals surface area contributed by atoms with Crippen molar-refractivity contribution in [1.82, 2.24) is 10.6 Å². The summed E-state index contributed by atoms with van der Waals surface area (Å²) in [7, 11) is 0. The van der Waals surface area contributed by atoms with E-state index in [9.17, 15) is 9.59 Å². The number of amides is 2. The van der Waals surface area contributed by atoms with E-state index in [0.29, 0.717) is 5.76 Å². The van der Waals surface area contributed by atoms with Crippen LogP contribution in [-0.4, -0.2) is 23.7 Å². The molecule has 6 nitrogen and oxygen atoms in total. The largest absolute Gasteiger partial charge is 0.481 e. The monoisotopic (exact) mass is 254 g/mol. The molecular weight excluding hydrogens is 236 g/mol. The molecule has 0 aliphatic carbocycles. The summed E-state index contributed by atoms with van der Waals surface area (Å²) in [6.07, 6.45) is 1.52. The van der Waals surface area contributed by atoms with Crippen molar-refractivity contribution in [3.05, 3.63) is 24.2 Å². The van der Waals surface area contributed by atoms with Crippen LogP contribution in [0.25, 0.3) is 0 Å². The van der Waals surface area contributed by atoms with Crippen LogP contribution in [0.1, 0.15) is 19.6 Å². The smallest absolute Gasteiger partial charge is 0.315 e. The molecule has 1 atom stereocenters. The molecule has 2 amide bonds. The van der Waals surface area contributed by atoms with Gasteiger partial charge in [0.1, 0.15) is 5.76 Å². The maximum atomic E-state index is 11.4. The lowest BCUT2D eigenvalue weighted by Crippen LogP contribution is -2.40. The second-order valence-electron chi connectivity index (χ2n) is 4.33. The Morgan fingerprint density at radius 2 is 2.11 bits per heavy atom. The van der Waals surface area contributed by atoms with Gasteiger partial charge in [-0.1, -0.05) is 13.8 Å². The first-order valence-corrected chi connectivity index (χ1v) is 5.77. The maximum Gasteiger partial charge on any atom is 0.315 e. The van der Waals surface area contributed by atoms with E-state index in [0.717, 1.165) is 0 Å². The Labute approximate surface area is 105 Å². The molecule has 1 heterocycles. The Morgan fingerprint density at radius 3 is 2.61 bits per heavy atom. The number of aliphatic carboxylic acids is 1. The van der Waals surface area contributed by atoms with Crippen LogP contribution in [0, 0.1) is 11.8 Å². The van der Waals surface area contributed by atoms with Gasteiger partial charge in [0, 0.05) is 6.54 Å². The molecule has 0 aliphatic rings. The summed E-state index contributed by atoms with van der Waals surface area (Å²) in [6, 6.07) is 3.07. The Balaban J connectivity index is 2.29. The molecule has 6 heteroatoms. The number of carbonyl (C=O) groups is 2. The SMILES string of the molecule is CC(C)C(CNC(=O)NCc1ccco1)C(=O)O. The summed E-state index contributed by atoms with van der Waals surface area (Å²) >= 11 is 0. The fourth-order valence-corrected chi connectivity index (χ4v) is 1.45. The molecule has 0 fully saturated rings. The zero-order chi connectivity index (χ0) is 13.5. The van der Waals surface area contributed by atoms with Crippen LogP contribution in [-0.2, 0) is 11.3 Å². The third kappa shape index (κ3) is 4.48. The van der Waals surface area contributed by atoms with Crippen molar-refractivity contribution in [1.29, 1.82) is 0 Å². The van der Waals surface area contributed by atoms with Gasteiger partial charge in [0.05, 0.1) is 18.7 Å². The number of hydrogen-bond donors (Lipinski definition) is 3. The predicted octanol–water partition coefficient (Wildman–Crippen LogP) is 1.44. The summed E-state index contributed by atoms with van der Waals surface area (Å²) in [5.74, 6) is -0.882. The molecule has 0 aliphatic heterocycles. The highest BCUT2D eigenvalue weighted by atomic mass is 16.4. The molecule has 0 saturated carbocycles. The van der Waals surface area contributed by atoms with Crippen molar-refractivity contribution in [3.8, 4) is 0 Å². The lowest BCUT2D eigenvalue weighted by atomic mass is 9.96. The Morgan fingerprint density at radius 1 is 1.39 bits per heavy atom. The minimum Gasteiger partial charge on any atom is -0.481 e. The molecule has 0 radical (unpaired) electrons. The summed E-state index contributed by atoms with van der Waals surface area (Å²) in [4.78, 5) is 22.3. The van der Waals surface area contributed by atoms with Crippen LogP contribution in [0.3, 0.4) is 0 Å². The summed E-state index contributed by atoms with van der Waals surface area (Å²) < 4.78 is 5.05. The fraction of sp³-hybridized carbons (Fsp3) is 0.500. The zero-order valence-electron chi connectivity index (χ0n) is 10.5. The van der Waals surface area contributed by atoms with Crippen LogP contribution >= 0.6 is 0 Å². The van der Waals surface area contributed by atoms with Crippen LogP contribution in [0.4, 0.5) is 4.79 Å². The highest BCUT2D eigenvalue weighted by Gasteiger charge is 2.21. The van der Waals surface area contributed by atoms with Gasteiger partial charge in [-0.2, -0.15) is 0 Å². The zero-order valence-corrected chi connectivity index (χ0v) is 10.5. The highest BCUT2D eigenvalue weighted by molar-refractivity contribution is 5.75. The van der Waals surface area contributed by atoms with E-state index < -0.39 is 17.9 Å². The van der Waals surface area contributed by atoms with Gasteiger partial charge in [0.25, 0.3) is 0 Å². The number of carboxylic acids is 1. The minimum absolute atomic E-state index is 0.0344. The molecule has 1 unspecified atom stereocenters. The van der Waals surface area contributed by atoms with Gasteiger partial charge in [-0.15, -0.1) is 0 Å². The summed E-state index contributed by atoms with van der Waals surface area (Å²) in [5.41, 5.74) is 0. The predicted molar refractivity (Wildman–Crippen MR) is 64.9 cm³/mol. The lowest BCUT2D eigenvalue weighted by molar-refractivity contribution is -0.142. The summed E-state index contributed by atoms with van der Waals surface area (Å²) in [6.45, 7) is 4.00. The van der Waals surface area contributed by atoms with E-state index in [-0.39, 0.29) is 19.0 Å². The first-order valence-electron chi connectivity index (χ1n) is 5.77. The second-order valence-corrected chi connectivity index (χ2v) is 4.33. The van der Waals surface area contributed by atoms with Gasteiger partial charge in [-0.05, 0) is 18.1 Å². The molecule has 0 saturated heterocycles. The van der Waals surface area contributed by atoms with E-state index in [4.69, 9.17) is 9.52 Å². The van der Waals surface area contributed by atoms with E-state index in [2.05, 4.69) is 10.6 Å². The standard InChI is InChI=1S/C12H18N2O4/c1-8(2)10(11(15)16)7-14-12(17)13-6-9-4-3-5-18-9/h3-5,8,10H,6-7H2,1-2H3,(H,15,16)(H2,13,14,17). The van der Waals surface area contributed by atoms with Gasteiger partial charge < -0.3 is 20.2 Å². The number of furan rings is 1. The van der Waals surface area contributed by atoms with Crippen LogP contribution in [0.15, 0.2) is 22.8 Å².